The molecule has 2 N–H and O–H groups in total. The zero-order chi connectivity index (χ0) is 13.6. The van der Waals surface area contributed by atoms with E-state index in [9.17, 15) is 5.11 Å². The van der Waals surface area contributed by atoms with Gasteiger partial charge in [-0.2, -0.15) is 0 Å². The topological polar surface area (TPSA) is 35.5 Å². The van der Waals surface area contributed by atoms with Crippen LogP contribution in [-0.4, -0.2) is 48.8 Å². The third kappa shape index (κ3) is 5.41. The van der Waals surface area contributed by atoms with Crippen LogP contribution in [-0.2, 0) is 0 Å². The number of rotatable bonds is 5. The van der Waals surface area contributed by atoms with Gasteiger partial charge < -0.3 is 15.3 Å². The number of likely N-dealkylation sites (tertiary alicyclic amines) is 1. The third-order valence-electron chi connectivity index (χ3n) is 5.06. The molecule has 0 radical (unpaired) electrons. The van der Waals surface area contributed by atoms with Gasteiger partial charge in [0, 0.05) is 6.54 Å². The highest BCUT2D eigenvalue weighted by molar-refractivity contribution is 4.83. The van der Waals surface area contributed by atoms with Crippen molar-refractivity contribution in [2.24, 2.45) is 5.92 Å². The van der Waals surface area contributed by atoms with E-state index < -0.39 is 5.60 Å². The van der Waals surface area contributed by atoms with E-state index in [0.29, 0.717) is 0 Å². The van der Waals surface area contributed by atoms with Crippen molar-refractivity contribution in [3.8, 4) is 0 Å². The third-order valence-corrected chi connectivity index (χ3v) is 5.06. The molecule has 1 heterocycles. The Kier molecular flexibility index (Phi) is 6.11. The smallest absolute Gasteiger partial charge is 0.0771 e. The van der Waals surface area contributed by atoms with Gasteiger partial charge in [0.25, 0.3) is 0 Å². The lowest BCUT2D eigenvalue weighted by molar-refractivity contribution is 0.0250. The molecule has 2 fully saturated rings. The van der Waals surface area contributed by atoms with Crippen LogP contribution in [0.5, 0.6) is 0 Å². The summed E-state index contributed by atoms with van der Waals surface area (Å²) in [6.07, 6.45) is 11.0. The van der Waals surface area contributed by atoms with Crippen LogP contribution in [0.2, 0.25) is 0 Å². The molecule has 3 nitrogen and oxygen atoms in total. The highest BCUT2D eigenvalue weighted by Crippen LogP contribution is 2.26. The van der Waals surface area contributed by atoms with E-state index in [0.717, 1.165) is 31.8 Å². The number of aliphatic hydroxyl groups is 1. The lowest BCUT2D eigenvalue weighted by Gasteiger charge is -2.30. The van der Waals surface area contributed by atoms with E-state index in [-0.39, 0.29) is 0 Å². The molecule has 2 rings (SSSR count). The van der Waals surface area contributed by atoms with Crippen molar-refractivity contribution in [2.45, 2.75) is 63.4 Å². The summed E-state index contributed by atoms with van der Waals surface area (Å²) >= 11 is 0. The van der Waals surface area contributed by atoms with E-state index in [2.05, 4.69) is 17.3 Å². The minimum absolute atomic E-state index is 0.413. The van der Waals surface area contributed by atoms with Crippen molar-refractivity contribution >= 4 is 0 Å². The molecule has 1 saturated carbocycles. The van der Waals surface area contributed by atoms with Gasteiger partial charge >= 0.3 is 0 Å². The Hall–Kier alpha value is -0.120. The van der Waals surface area contributed by atoms with Crippen LogP contribution in [0.25, 0.3) is 0 Å². The molecule has 0 aromatic rings. The molecule has 0 unspecified atom stereocenters. The predicted octanol–water partition coefficient (Wildman–Crippen LogP) is 2.39. The Morgan fingerprint density at radius 3 is 2.37 bits per heavy atom. The van der Waals surface area contributed by atoms with E-state index >= 15 is 0 Å². The van der Waals surface area contributed by atoms with Gasteiger partial charge in [-0.3, -0.25) is 0 Å². The Bertz CT molecular complexity index is 241. The molecule has 0 aromatic carbocycles. The van der Waals surface area contributed by atoms with Crippen LogP contribution >= 0.6 is 0 Å². The second-order valence-corrected chi connectivity index (χ2v) is 6.85. The molecule has 0 aromatic heterocycles. The first kappa shape index (κ1) is 15.3. The second kappa shape index (κ2) is 7.61. The van der Waals surface area contributed by atoms with E-state index in [1.54, 1.807) is 0 Å². The van der Waals surface area contributed by atoms with Gasteiger partial charge in [-0.05, 0) is 64.7 Å². The van der Waals surface area contributed by atoms with Gasteiger partial charge in [0.1, 0.15) is 0 Å². The largest absolute Gasteiger partial charge is 0.389 e. The molecule has 1 saturated heterocycles. The van der Waals surface area contributed by atoms with Crippen molar-refractivity contribution in [3.63, 3.8) is 0 Å². The molecule has 0 spiro atoms. The molecule has 1 aliphatic heterocycles. The van der Waals surface area contributed by atoms with Gasteiger partial charge in [0.2, 0.25) is 0 Å². The van der Waals surface area contributed by atoms with Crippen molar-refractivity contribution in [2.75, 3.05) is 33.2 Å². The minimum Gasteiger partial charge on any atom is -0.389 e. The summed E-state index contributed by atoms with van der Waals surface area (Å²) in [4.78, 5) is 2.43. The molecule has 1 aliphatic carbocycles. The zero-order valence-electron chi connectivity index (χ0n) is 12.7. The van der Waals surface area contributed by atoms with Gasteiger partial charge in [-0.15, -0.1) is 0 Å². The fourth-order valence-electron chi connectivity index (χ4n) is 3.54. The molecular formula is C16H32N2O. The first-order valence-electron chi connectivity index (χ1n) is 8.30. The summed E-state index contributed by atoms with van der Waals surface area (Å²) in [6.45, 7) is 4.40. The first-order valence-corrected chi connectivity index (χ1v) is 8.30. The van der Waals surface area contributed by atoms with Crippen LogP contribution in [0, 0.1) is 5.92 Å². The number of hydrogen-bond donors (Lipinski definition) is 2. The molecule has 3 heteroatoms. The van der Waals surface area contributed by atoms with Crippen LogP contribution in [0.4, 0.5) is 0 Å². The van der Waals surface area contributed by atoms with Gasteiger partial charge in [-0.1, -0.05) is 25.7 Å². The maximum absolute atomic E-state index is 10.6. The molecule has 0 atom stereocenters. The minimum atomic E-state index is -0.413. The van der Waals surface area contributed by atoms with Crippen LogP contribution in [0.15, 0.2) is 0 Å². The van der Waals surface area contributed by atoms with Crippen LogP contribution < -0.4 is 5.32 Å². The summed E-state index contributed by atoms with van der Waals surface area (Å²) in [5.74, 6) is 0.896. The quantitative estimate of drug-likeness (QED) is 0.594. The number of nitrogens with one attached hydrogen (secondary N) is 1. The number of hydrogen-bond acceptors (Lipinski definition) is 3. The van der Waals surface area contributed by atoms with Crippen molar-refractivity contribution < 1.29 is 5.11 Å². The molecule has 2 aliphatic rings. The fraction of sp³-hybridized carbons (Fsp3) is 1.00. The monoisotopic (exact) mass is 268 g/mol. The van der Waals surface area contributed by atoms with E-state index in [1.807, 2.05) is 0 Å². The summed E-state index contributed by atoms with van der Waals surface area (Å²) in [5.41, 5.74) is -0.413. The molecule has 0 amide bonds. The van der Waals surface area contributed by atoms with Crippen molar-refractivity contribution in [1.29, 1.82) is 0 Å². The van der Waals surface area contributed by atoms with Gasteiger partial charge in [-0.25, -0.2) is 0 Å². The highest BCUT2D eigenvalue weighted by atomic mass is 16.3. The molecular weight excluding hydrogens is 236 g/mol. The standard InChI is InChI=1S/C16H32N2O/c1-18-12-7-15(8-13-18)6-11-17-14-16(19)9-4-2-3-5-10-16/h15,17,19H,2-14H2,1H3. The van der Waals surface area contributed by atoms with E-state index in [4.69, 9.17) is 0 Å². The zero-order valence-corrected chi connectivity index (χ0v) is 12.7. The highest BCUT2D eigenvalue weighted by Gasteiger charge is 2.27. The Labute approximate surface area is 118 Å². The second-order valence-electron chi connectivity index (χ2n) is 6.85. The lowest BCUT2D eigenvalue weighted by Crippen LogP contribution is -2.41. The average molecular weight is 268 g/mol. The predicted molar refractivity (Wildman–Crippen MR) is 80.4 cm³/mol. The maximum Gasteiger partial charge on any atom is 0.0771 e. The summed E-state index contributed by atoms with van der Waals surface area (Å²) < 4.78 is 0. The average Bonchev–Trinajstić information content (AvgIpc) is 2.62. The van der Waals surface area contributed by atoms with Crippen molar-refractivity contribution in [1.82, 2.24) is 10.2 Å². The Balaban J connectivity index is 1.58. The normalized spacial score (nSPS) is 26.2. The van der Waals surface area contributed by atoms with Crippen LogP contribution in [0.3, 0.4) is 0 Å². The molecule has 19 heavy (non-hydrogen) atoms. The number of nitrogens with zero attached hydrogens (tertiary/aromatic N) is 1. The lowest BCUT2D eigenvalue weighted by atomic mass is 9.92. The fourth-order valence-corrected chi connectivity index (χ4v) is 3.54. The summed E-state index contributed by atoms with van der Waals surface area (Å²) in [5, 5.41) is 14.1. The molecule has 112 valence electrons. The van der Waals surface area contributed by atoms with Crippen molar-refractivity contribution in [3.05, 3.63) is 0 Å². The maximum atomic E-state index is 10.6. The summed E-state index contributed by atoms with van der Waals surface area (Å²) in [7, 11) is 2.22. The van der Waals surface area contributed by atoms with E-state index in [1.165, 1.54) is 58.0 Å². The Morgan fingerprint density at radius 1 is 1.11 bits per heavy atom. The van der Waals surface area contributed by atoms with Crippen LogP contribution in [0.1, 0.15) is 57.8 Å². The first-order chi connectivity index (χ1) is 9.18. The summed E-state index contributed by atoms with van der Waals surface area (Å²) in [6, 6.07) is 0. The number of piperidine rings is 1. The molecule has 0 bridgehead atoms. The van der Waals surface area contributed by atoms with Gasteiger partial charge in [0.15, 0.2) is 0 Å². The Morgan fingerprint density at radius 2 is 1.74 bits per heavy atom. The van der Waals surface area contributed by atoms with Gasteiger partial charge in [0.05, 0.1) is 5.60 Å². The SMILES string of the molecule is CN1CCC(CCNCC2(O)CCCCCC2)CC1.